The van der Waals surface area contributed by atoms with Crippen LogP contribution in [0.1, 0.15) is 17.4 Å². The van der Waals surface area contributed by atoms with Crippen molar-refractivity contribution in [1.82, 2.24) is 0 Å². The summed E-state index contributed by atoms with van der Waals surface area (Å²) in [7, 11) is 1.63. The number of benzene rings is 1. The van der Waals surface area contributed by atoms with E-state index in [0.29, 0.717) is 6.42 Å². The Morgan fingerprint density at radius 2 is 2.17 bits per heavy atom. The molecule has 1 aromatic carbocycles. The van der Waals surface area contributed by atoms with E-state index in [4.69, 9.17) is 4.74 Å². The summed E-state index contributed by atoms with van der Waals surface area (Å²) >= 11 is 5.14. The maximum absolute atomic E-state index is 10.6. The summed E-state index contributed by atoms with van der Waals surface area (Å²) in [6, 6.07) is 9.57. The number of hydrogen-bond acceptors (Lipinski definition) is 3. The molecule has 0 radical (unpaired) electrons. The molecule has 1 aromatic heterocycles. The second-order valence-electron chi connectivity index (χ2n) is 4.37. The van der Waals surface area contributed by atoms with Crippen molar-refractivity contribution in [3.8, 4) is 5.75 Å². The van der Waals surface area contributed by atoms with Gasteiger partial charge in [-0.05, 0) is 52.0 Å². The van der Waals surface area contributed by atoms with Crippen LogP contribution in [0.3, 0.4) is 0 Å². The van der Waals surface area contributed by atoms with E-state index in [0.717, 1.165) is 20.7 Å². The third-order valence-corrected chi connectivity index (χ3v) is 4.81. The van der Waals surface area contributed by atoms with Gasteiger partial charge in [0, 0.05) is 15.8 Å². The zero-order chi connectivity index (χ0) is 13.2. The Bertz CT molecular complexity index is 534. The van der Waals surface area contributed by atoms with Gasteiger partial charge in [-0.15, -0.1) is 11.3 Å². The lowest BCUT2D eigenvalue weighted by molar-refractivity contribution is 0.0581. The van der Waals surface area contributed by atoms with Gasteiger partial charge in [-0.2, -0.15) is 0 Å². The molecule has 2 aromatic rings. The number of hydrogen-bond donors (Lipinski definition) is 1. The van der Waals surface area contributed by atoms with Crippen LogP contribution in [0, 0.1) is 0 Å². The van der Waals surface area contributed by atoms with Crippen molar-refractivity contribution in [2.75, 3.05) is 7.11 Å². The topological polar surface area (TPSA) is 29.5 Å². The molecule has 0 aliphatic heterocycles. The molecule has 2 nitrogen and oxygen atoms in total. The standard InChI is InChI=1S/C14H15BrO2S/c1-14(16,9-13-12(15)6-7-18-13)10-4-3-5-11(8-10)17-2/h3-8,16H,9H2,1-2H3. The third-order valence-electron chi connectivity index (χ3n) is 2.89. The van der Waals surface area contributed by atoms with Crippen LogP contribution >= 0.6 is 27.3 Å². The van der Waals surface area contributed by atoms with E-state index in [2.05, 4.69) is 15.9 Å². The lowest BCUT2D eigenvalue weighted by Gasteiger charge is -2.24. The highest BCUT2D eigenvalue weighted by atomic mass is 79.9. The Balaban J connectivity index is 2.27. The molecular weight excluding hydrogens is 312 g/mol. The largest absolute Gasteiger partial charge is 0.497 e. The quantitative estimate of drug-likeness (QED) is 0.921. The summed E-state index contributed by atoms with van der Waals surface area (Å²) < 4.78 is 6.24. The van der Waals surface area contributed by atoms with E-state index < -0.39 is 5.60 Å². The first kappa shape index (κ1) is 13.6. The lowest BCUT2D eigenvalue weighted by Crippen LogP contribution is -2.23. The van der Waals surface area contributed by atoms with E-state index >= 15 is 0 Å². The van der Waals surface area contributed by atoms with Crippen LogP contribution in [0.5, 0.6) is 5.75 Å². The Kier molecular flexibility index (Phi) is 4.10. The van der Waals surface area contributed by atoms with Gasteiger partial charge in [-0.1, -0.05) is 12.1 Å². The minimum atomic E-state index is -0.901. The van der Waals surface area contributed by atoms with Crippen molar-refractivity contribution < 1.29 is 9.84 Å². The highest BCUT2D eigenvalue weighted by Crippen LogP contribution is 2.32. The van der Waals surface area contributed by atoms with Gasteiger partial charge in [0.05, 0.1) is 12.7 Å². The summed E-state index contributed by atoms with van der Waals surface area (Å²) in [5.74, 6) is 0.762. The van der Waals surface area contributed by atoms with Crippen LogP contribution in [0.2, 0.25) is 0 Å². The maximum atomic E-state index is 10.6. The summed E-state index contributed by atoms with van der Waals surface area (Å²) in [4.78, 5) is 1.14. The number of ether oxygens (including phenoxy) is 1. The molecule has 0 aliphatic rings. The first-order chi connectivity index (χ1) is 8.53. The van der Waals surface area contributed by atoms with E-state index in [9.17, 15) is 5.11 Å². The van der Waals surface area contributed by atoms with Crippen LogP contribution in [-0.4, -0.2) is 12.2 Å². The first-order valence-corrected chi connectivity index (χ1v) is 7.29. The molecule has 2 rings (SSSR count). The molecule has 1 atom stereocenters. The smallest absolute Gasteiger partial charge is 0.119 e. The second-order valence-corrected chi connectivity index (χ2v) is 6.23. The van der Waals surface area contributed by atoms with Crippen LogP contribution in [0.4, 0.5) is 0 Å². The van der Waals surface area contributed by atoms with E-state index in [-0.39, 0.29) is 0 Å². The van der Waals surface area contributed by atoms with Crippen molar-refractivity contribution in [3.63, 3.8) is 0 Å². The van der Waals surface area contributed by atoms with E-state index in [1.54, 1.807) is 18.4 Å². The molecule has 1 N–H and O–H groups in total. The fraction of sp³-hybridized carbons (Fsp3) is 0.286. The number of thiophene rings is 1. The summed E-state index contributed by atoms with van der Waals surface area (Å²) in [6.07, 6.45) is 0.582. The molecule has 0 fully saturated rings. The Morgan fingerprint density at radius 1 is 1.39 bits per heavy atom. The summed E-state index contributed by atoms with van der Waals surface area (Å²) in [6.45, 7) is 1.83. The predicted octanol–water partition coefficient (Wildman–Crippen LogP) is 3.97. The second kappa shape index (κ2) is 5.43. The van der Waals surface area contributed by atoms with Crippen LogP contribution < -0.4 is 4.74 Å². The van der Waals surface area contributed by atoms with Gasteiger partial charge in [-0.25, -0.2) is 0 Å². The SMILES string of the molecule is COc1cccc(C(C)(O)Cc2sccc2Br)c1. The van der Waals surface area contributed by atoms with Crippen molar-refractivity contribution in [2.24, 2.45) is 0 Å². The van der Waals surface area contributed by atoms with Gasteiger partial charge < -0.3 is 9.84 Å². The fourth-order valence-corrected chi connectivity index (χ4v) is 3.47. The number of rotatable bonds is 4. The number of halogens is 1. The van der Waals surface area contributed by atoms with E-state index in [1.165, 1.54) is 0 Å². The monoisotopic (exact) mass is 326 g/mol. The van der Waals surface area contributed by atoms with Crippen molar-refractivity contribution >= 4 is 27.3 Å². The molecular formula is C14H15BrO2S. The number of aliphatic hydroxyl groups is 1. The highest BCUT2D eigenvalue weighted by molar-refractivity contribution is 9.10. The number of methoxy groups -OCH3 is 1. The fourth-order valence-electron chi connectivity index (χ4n) is 1.82. The predicted molar refractivity (Wildman–Crippen MR) is 78.3 cm³/mol. The van der Waals surface area contributed by atoms with Gasteiger partial charge in [0.2, 0.25) is 0 Å². The van der Waals surface area contributed by atoms with Crippen molar-refractivity contribution in [1.29, 1.82) is 0 Å². The molecule has 4 heteroatoms. The first-order valence-electron chi connectivity index (χ1n) is 5.62. The van der Waals surface area contributed by atoms with Crippen LogP contribution in [0.25, 0.3) is 0 Å². The Hall–Kier alpha value is -0.840. The zero-order valence-electron chi connectivity index (χ0n) is 10.3. The summed E-state index contributed by atoms with van der Waals surface area (Å²) in [5.41, 5.74) is -0.0378. The van der Waals surface area contributed by atoms with Gasteiger partial charge in [0.25, 0.3) is 0 Å². The third kappa shape index (κ3) is 2.94. The zero-order valence-corrected chi connectivity index (χ0v) is 12.7. The minimum absolute atomic E-state index is 0.582. The summed E-state index contributed by atoms with van der Waals surface area (Å²) in [5, 5.41) is 12.6. The Morgan fingerprint density at radius 3 is 2.78 bits per heavy atom. The minimum Gasteiger partial charge on any atom is -0.497 e. The van der Waals surface area contributed by atoms with Crippen LogP contribution in [-0.2, 0) is 12.0 Å². The normalized spacial score (nSPS) is 14.2. The molecule has 1 unspecified atom stereocenters. The molecule has 0 amide bonds. The van der Waals surface area contributed by atoms with Crippen molar-refractivity contribution in [3.05, 3.63) is 50.6 Å². The van der Waals surface area contributed by atoms with Gasteiger partial charge in [0.15, 0.2) is 0 Å². The van der Waals surface area contributed by atoms with E-state index in [1.807, 2.05) is 42.6 Å². The van der Waals surface area contributed by atoms with Gasteiger partial charge in [-0.3, -0.25) is 0 Å². The highest BCUT2D eigenvalue weighted by Gasteiger charge is 2.25. The molecule has 96 valence electrons. The molecule has 0 spiro atoms. The molecule has 0 saturated heterocycles. The molecule has 0 aliphatic carbocycles. The molecule has 0 bridgehead atoms. The maximum Gasteiger partial charge on any atom is 0.119 e. The van der Waals surface area contributed by atoms with Crippen molar-refractivity contribution in [2.45, 2.75) is 18.9 Å². The molecule has 1 heterocycles. The molecule has 18 heavy (non-hydrogen) atoms. The average Bonchev–Trinajstić information content (AvgIpc) is 2.74. The van der Waals surface area contributed by atoms with Gasteiger partial charge in [0.1, 0.15) is 5.75 Å². The average molecular weight is 327 g/mol. The lowest BCUT2D eigenvalue weighted by atomic mass is 9.92. The van der Waals surface area contributed by atoms with Gasteiger partial charge >= 0.3 is 0 Å². The van der Waals surface area contributed by atoms with Crippen LogP contribution in [0.15, 0.2) is 40.2 Å². The molecule has 0 saturated carbocycles. The Labute approximate surface area is 119 Å².